The Bertz CT molecular complexity index is 679. The number of nitrogens with zero attached hydrogens (tertiary/aromatic N) is 3. The van der Waals surface area contributed by atoms with Crippen LogP contribution in [0.5, 0.6) is 0 Å². The molecule has 0 saturated carbocycles. The summed E-state index contributed by atoms with van der Waals surface area (Å²) >= 11 is 0. The normalized spacial score (nSPS) is 16.5. The minimum absolute atomic E-state index is 0.115. The number of hydrogen-bond donors (Lipinski definition) is 0. The summed E-state index contributed by atoms with van der Waals surface area (Å²) in [4.78, 5) is 8.59. The molecule has 23 heavy (non-hydrogen) atoms. The zero-order chi connectivity index (χ0) is 16.4. The first-order chi connectivity index (χ1) is 11.1. The third kappa shape index (κ3) is 3.44. The van der Waals surface area contributed by atoms with E-state index in [1.165, 1.54) is 12.5 Å². The Morgan fingerprint density at radius 3 is 2.43 bits per heavy atom. The van der Waals surface area contributed by atoms with E-state index in [4.69, 9.17) is 0 Å². The van der Waals surface area contributed by atoms with Crippen molar-refractivity contribution < 1.29 is 8.78 Å². The molecule has 0 radical (unpaired) electrons. The molecule has 1 aliphatic heterocycles. The molecule has 2 aromatic rings. The lowest BCUT2D eigenvalue weighted by Gasteiger charge is -2.36. The average molecular weight is 319 g/mol. The highest BCUT2D eigenvalue weighted by atomic mass is 19.1. The second-order valence-electron chi connectivity index (χ2n) is 6.59. The highest BCUT2D eigenvalue weighted by Crippen LogP contribution is 2.30. The number of fused-ring (bicyclic) bond motifs is 1. The van der Waals surface area contributed by atoms with Crippen LogP contribution < -0.4 is 4.90 Å². The molecule has 0 amide bonds. The number of rotatable bonds is 4. The zero-order valence-corrected chi connectivity index (χ0v) is 13.7. The van der Waals surface area contributed by atoms with Crippen molar-refractivity contribution in [3.63, 3.8) is 0 Å². The fourth-order valence-electron chi connectivity index (χ4n) is 3.09. The Kier molecular flexibility index (Phi) is 4.76. The summed E-state index contributed by atoms with van der Waals surface area (Å²) in [7, 11) is 0. The van der Waals surface area contributed by atoms with E-state index < -0.39 is 11.6 Å². The molecule has 1 aromatic heterocycles. The van der Waals surface area contributed by atoms with Gasteiger partial charge in [0.2, 0.25) is 0 Å². The van der Waals surface area contributed by atoms with E-state index in [1.54, 1.807) is 12.3 Å². The summed E-state index contributed by atoms with van der Waals surface area (Å²) in [6, 6.07) is 4.11. The van der Waals surface area contributed by atoms with Crippen LogP contribution in [-0.4, -0.2) is 42.6 Å². The van der Waals surface area contributed by atoms with Crippen LogP contribution in [0.15, 0.2) is 24.4 Å². The van der Waals surface area contributed by atoms with E-state index >= 15 is 0 Å². The fourth-order valence-corrected chi connectivity index (χ4v) is 3.09. The molecule has 0 aliphatic carbocycles. The zero-order valence-electron chi connectivity index (χ0n) is 13.7. The number of aromatic nitrogens is 1. The number of halogens is 2. The maximum Gasteiger partial charge on any atom is 0.149 e. The summed E-state index contributed by atoms with van der Waals surface area (Å²) in [5.74, 6) is -0.181. The van der Waals surface area contributed by atoms with E-state index in [1.807, 2.05) is 0 Å². The van der Waals surface area contributed by atoms with Gasteiger partial charge in [0.1, 0.15) is 17.2 Å². The van der Waals surface area contributed by atoms with Crippen molar-refractivity contribution in [2.75, 3.05) is 37.6 Å². The molecule has 3 nitrogen and oxygen atoms in total. The summed E-state index contributed by atoms with van der Waals surface area (Å²) in [6.45, 7) is 9.13. The molecule has 0 atom stereocenters. The molecule has 3 rings (SSSR count). The Morgan fingerprint density at radius 2 is 1.74 bits per heavy atom. The molecule has 0 bridgehead atoms. The maximum absolute atomic E-state index is 14.2. The van der Waals surface area contributed by atoms with Gasteiger partial charge in [0.05, 0.1) is 11.1 Å². The van der Waals surface area contributed by atoms with Crippen molar-refractivity contribution in [3.05, 3.63) is 36.0 Å². The van der Waals surface area contributed by atoms with Gasteiger partial charge in [0, 0.05) is 32.4 Å². The van der Waals surface area contributed by atoms with Gasteiger partial charge in [0.25, 0.3) is 0 Å². The lowest BCUT2D eigenvalue weighted by atomic mass is 10.1. The second-order valence-corrected chi connectivity index (χ2v) is 6.59. The van der Waals surface area contributed by atoms with Gasteiger partial charge in [-0.2, -0.15) is 0 Å². The van der Waals surface area contributed by atoms with Gasteiger partial charge in [-0.15, -0.1) is 0 Å². The number of piperazine rings is 1. The van der Waals surface area contributed by atoms with Crippen LogP contribution in [-0.2, 0) is 0 Å². The predicted octanol–water partition coefficient (Wildman–Crippen LogP) is 3.68. The van der Waals surface area contributed by atoms with E-state index in [-0.39, 0.29) is 5.52 Å². The molecule has 2 heterocycles. The highest BCUT2D eigenvalue weighted by Gasteiger charge is 2.21. The molecule has 124 valence electrons. The van der Waals surface area contributed by atoms with Crippen molar-refractivity contribution in [1.82, 2.24) is 9.88 Å². The quantitative estimate of drug-likeness (QED) is 0.857. The second kappa shape index (κ2) is 6.79. The summed E-state index contributed by atoms with van der Waals surface area (Å²) in [6.07, 6.45) is 2.75. The topological polar surface area (TPSA) is 19.4 Å². The van der Waals surface area contributed by atoms with Crippen molar-refractivity contribution in [2.24, 2.45) is 5.92 Å². The number of hydrogen-bond acceptors (Lipinski definition) is 3. The Balaban J connectivity index is 1.79. The molecule has 1 aliphatic rings. The fraction of sp³-hybridized carbons (Fsp3) is 0.500. The van der Waals surface area contributed by atoms with Crippen LogP contribution >= 0.6 is 0 Å². The third-order valence-corrected chi connectivity index (χ3v) is 4.51. The van der Waals surface area contributed by atoms with Gasteiger partial charge in [0.15, 0.2) is 0 Å². The average Bonchev–Trinajstić information content (AvgIpc) is 2.56. The first-order valence-electron chi connectivity index (χ1n) is 8.26. The van der Waals surface area contributed by atoms with Gasteiger partial charge in [-0.1, -0.05) is 13.8 Å². The minimum Gasteiger partial charge on any atom is -0.368 e. The lowest BCUT2D eigenvalue weighted by Crippen LogP contribution is -2.46. The lowest BCUT2D eigenvalue weighted by molar-refractivity contribution is 0.244. The first kappa shape index (κ1) is 16.1. The molecule has 1 aromatic carbocycles. The maximum atomic E-state index is 14.2. The monoisotopic (exact) mass is 319 g/mol. The molecule has 0 N–H and O–H groups in total. The number of benzene rings is 1. The van der Waals surface area contributed by atoms with Gasteiger partial charge in [-0.25, -0.2) is 8.78 Å². The van der Waals surface area contributed by atoms with E-state index in [0.717, 1.165) is 44.5 Å². The first-order valence-corrected chi connectivity index (χ1v) is 8.26. The highest BCUT2D eigenvalue weighted by molar-refractivity contribution is 5.92. The van der Waals surface area contributed by atoms with Gasteiger partial charge < -0.3 is 4.90 Å². The van der Waals surface area contributed by atoms with Crippen LogP contribution in [0.4, 0.5) is 14.5 Å². The van der Waals surface area contributed by atoms with Crippen molar-refractivity contribution in [2.45, 2.75) is 20.3 Å². The Morgan fingerprint density at radius 1 is 1.04 bits per heavy atom. The molecular weight excluding hydrogens is 296 g/mol. The Labute approximate surface area is 135 Å². The number of anilines is 1. The van der Waals surface area contributed by atoms with Gasteiger partial charge in [-0.3, -0.25) is 9.88 Å². The van der Waals surface area contributed by atoms with E-state index in [9.17, 15) is 8.78 Å². The molecule has 0 spiro atoms. The SMILES string of the molecule is CC(C)CCN1CCN(c2ccnc3c(F)ccc(F)c23)CC1. The summed E-state index contributed by atoms with van der Waals surface area (Å²) in [5, 5.41) is 0.295. The molecule has 0 unspecified atom stereocenters. The van der Waals surface area contributed by atoms with E-state index in [2.05, 4.69) is 28.6 Å². The van der Waals surface area contributed by atoms with Crippen LogP contribution in [0.3, 0.4) is 0 Å². The van der Waals surface area contributed by atoms with Crippen LogP contribution in [0.1, 0.15) is 20.3 Å². The van der Waals surface area contributed by atoms with Crippen LogP contribution in [0, 0.1) is 17.6 Å². The van der Waals surface area contributed by atoms with Gasteiger partial charge >= 0.3 is 0 Å². The standard InChI is InChI=1S/C18H23F2N3/c1-13(2)6-8-22-9-11-23(12-10-22)16-5-7-21-18-15(20)4-3-14(19)17(16)18/h3-5,7,13H,6,8-12H2,1-2H3. The largest absolute Gasteiger partial charge is 0.368 e. The molecule has 5 heteroatoms. The Hall–Kier alpha value is -1.75. The van der Waals surface area contributed by atoms with Crippen molar-refractivity contribution in [1.29, 1.82) is 0 Å². The molecule has 1 fully saturated rings. The van der Waals surface area contributed by atoms with Crippen molar-refractivity contribution in [3.8, 4) is 0 Å². The van der Waals surface area contributed by atoms with Crippen LogP contribution in [0.2, 0.25) is 0 Å². The number of pyridine rings is 1. The van der Waals surface area contributed by atoms with E-state index in [0.29, 0.717) is 11.3 Å². The smallest absolute Gasteiger partial charge is 0.149 e. The molecular formula is C18H23F2N3. The summed E-state index contributed by atoms with van der Waals surface area (Å²) in [5.41, 5.74) is 0.861. The van der Waals surface area contributed by atoms with Crippen molar-refractivity contribution >= 4 is 16.6 Å². The third-order valence-electron chi connectivity index (χ3n) is 4.51. The molecule has 1 saturated heterocycles. The predicted molar refractivity (Wildman–Crippen MR) is 89.8 cm³/mol. The van der Waals surface area contributed by atoms with Gasteiger partial charge in [-0.05, 0) is 37.1 Å². The van der Waals surface area contributed by atoms with Crippen LogP contribution in [0.25, 0.3) is 10.9 Å². The minimum atomic E-state index is -0.473. The summed E-state index contributed by atoms with van der Waals surface area (Å²) < 4.78 is 28.1.